The molecule has 0 fully saturated rings. The lowest BCUT2D eigenvalue weighted by atomic mass is 10.0. The highest BCUT2D eigenvalue weighted by atomic mass is 16.4. The van der Waals surface area contributed by atoms with Crippen LogP contribution in [0.25, 0.3) is 0 Å². The second kappa shape index (κ2) is 10.7. The third kappa shape index (κ3) is 7.45. The molecule has 3 N–H and O–H groups in total. The second-order valence-corrected chi connectivity index (χ2v) is 6.95. The van der Waals surface area contributed by atoms with Crippen LogP contribution in [0.5, 0.6) is 0 Å². The van der Waals surface area contributed by atoms with Crippen molar-refractivity contribution in [2.24, 2.45) is 4.99 Å². The molecule has 1 heterocycles. The summed E-state index contributed by atoms with van der Waals surface area (Å²) in [5.74, 6) is 1.22. The zero-order valence-electron chi connectivity index (χ0n) is 16.6. The topological polar surface area (TPSA) is 73.0 Å². The van der Waals surface area contributed by atoms with E-state index in [2.05, 4.69) is 51.8 Å². The van der Waals surface area contributed by atoms with E-state index < -0.39 is 5.60 Å². The Kier molecular flexibility index (Phi) is 8.36. The molecule has 1 aromatic heterocycles. The van der Waals surface area contributed by atoms with Crippen LogP contribution in [0.15, 0.2) is 58.1 Å². The van der Waals surface area contributed by atoms with Crippen molar-refractivity contribution in [2.75, 3.05) is 33.2 Å². The van der Waals surface area contributed by atoms with E-state index in [-0.39, 0.29) is 6.54 Å². The molecule has 0 bridgehead atoms. The Morgan fingerprint density at radius 1 is 1.19 bits per heavy atom. The van der Waals surface area contributed by atoms with Gasteiger partial charge in [-0.3, -0.25) is 0 Å². The maximum absolute atomic E-state index is 10.5. The summed E-state index contributed by atoms with van der Waals surface area (Å²) in [6.45, 7) is 7.47. The van der Waals surface area contributed by atoms with E-state index in [0.717, 1.165) is 32.6 Å². The molecule has 0 radical (unpaired) electrons. The fourth-order valence-electron chi connectivity index (χ4n) is 2.77. The summed E-state index contributed by atoms with van der Waals surface area (Å²) < 4.78 is 5.30. The summed E-state index contributed by atoms with van der Waals surface area (Å²) >= 11 is 0. The van der Waals surface area contributed by atoms with Gasteiger partial charge in [-0.2, -0.15) is 0 Å². The van der Waals surface area contributed by atoms with Crippen molar-refractivity contribution in [1.82, 2.24) is 15.5 Å². The fourth-order valence-corrected chi connectivity index (χ4v) is 2.77. The largest absolute Gasteiger partial charge is 0.466 e. The lowest BCUT2D eigenvalue weighted by molar-refractivity contribution is 0.0437. The predicted octanol–water partition coefficient (Wildman–Crippen LogP) is 2.56. The number of aliphatic imine (C=N–C) groups is 1. The van der Waals surface area contributed by atoms with Gasteiger partial charge in [0, 0.05) is 19.6 Å². The first kappa shape index (κ1) is 21.0. The summed E-state index contributed by atoms with van der Waals surface area (Å²) in [4.78, 5) is 6.80. The lowest BCUT2D eigenvalue weighted by Crippen LogP contribution is -2.39. The van der Waals surface area contributed by atoms with Crippen LogP contribution in [-0.4, -0.2) is 49.2 Å². The van der Waals surface area contributed by atoms with Crippen LogP contribution in [0, 0.1) is 0 Å². The number of aliphatic hydroxyl groups is 1. The number of hydrogen-bond donors (Lipinski definition) is 3. The third-order valence-corrected chi connectivity index (χ3v) is 4.25. The van der Waals surface area contributed by atoms with E-state index in [1.165, 1.54) is 5.56 Å². The Labute approximate surface area is 162 Å². The highest BCUT2D eigenvalue weighted by molar-refractivity contribution is 5.79. The number of rotatable bonds is 10. The standard InChI is InChI=1S/C21H32N4O2/c1-4-22-20(24-17-21(2,26)19-12-8-15-27-19)23-13-9-14-25(3)16-18-10-6-5-7-11-18/h5-8,10-12,15,26H,4,9,13-14,16-17H2,1-3H3,(H2,22,23,24). The van der Waals surface area contributed by atoms with Crippen molar-refractivity contribution in [3.8, 4) is 0 Å². The molecular weight excluding hydrogens is 340 g/mol. The fraction of sp³-hybridized carbons (Fsp3) is 0.476. The molecule has 0 saturated carbocycles. The van der Waals surface area contributed by atoms with Gasteiger partial charge in [0.2, 0.25) is 0 Å². The highest BCUT2D eigenvalue weighted by Gasteiger charge is 2.26. The Balaban J connectivity index is 1.75. The predicted molar refractivity (Wildman–Crippen MR) is 110 cm³/mol. The van der Waals surface area contributed by atoms with Gasteiger partial charge < -0.3 is 25.1 Å². The Morgan fingerprint density at radius 3 is 2.63 bits per heavy atom. The van der Waals surface area contributed by atoms with Crippen molar-refractivity contribution in [3.05, 3.63) is 60.1 Å². The molecule has 1 atom stereocenters. The van der Waals surface area contributed by atoms with Gasteiger partial charge >= 0.3 is 0 Å². The van der Waals surface area contributed by atoms with Crippen molar-refractivity contribution in [3.63, 3.8) is 0 Å². The van der Waals surface area contributed by atoms with Crippen LogP contribution in [0.2, 0.25) is 0 Å². The molecule has 1 aromatic carbocycles. The molecule has 0 amide bonds. The molecule has 0 saturated heterocycles. The van der Waals surface area contributed by atoms with E-state index in [0.29, 0.717) is 11.7 Å². The van der Waals surface area contributed by atoms with Crippen molar-refractivity contribution < 1.29 is 9.52 Å². The van der Waals surface area contributed by atoms with Gasteiger partial charge in [0.15, 0.2) is 5.96 Å². The molecule has 2 rings (SSSR count). The van der Waals surface area contributed by atoms with Gasteiger partial charge in [-0.1, -0.05) is 30.3 Å². The van der Waals surface area contributed by atoms with Crippen LogP contribution >= 0.6 is 0 Å². The Hall–Kier alpha value is -2.31. The molecule has 0 aliphatic rings. The first-order valence-electron chi connectivity index (χ1n) is 9.52. The molecule has 2 aromatic rings. The van der Waals surface area contributed by atoms with E-state index in [1.807, 2.05) is 13.0 Å². The van der Waals surface area contributed by atoms with E-state index in [9.17, 15) is 5.11 Å². The molecule has 1 unspecified atom stereocenters. The molecule has 148 valence electrons. The summed E-state index contributed by atoms with van der Waals surface area (Å²) in [5, 5.41) is 17.1. The van der Waals surface area contributed by atoms with E-state index in [1.54, 1.807) is 25.3 Å². The van der Waals surface area contributed by atoms with Crippen LogP contribution in [-0.2, 0) is 12.1 Å². The number of nitrogens with zero attached hydrogens (tertiary/aromatic N) is 2. The third-order valence-electron chi connectivity index (χ3n) is 4.25. The minimum atomic E-state index is -1.12. The Bertz CT molecular complexity index is 669. The quantitative estimate of drug-likeness (QED) is 0.340. The minimum Gasteiger partial charge on any atom is -0.466 e. The summed E-state index contributed by atoms with van der Waals surface area (Å²) in [6, 6.07) is 14.0. The second-order valence-electron chi connectivity index (χ2n) is 6.95. The SMILES string of the molecule is CCNC(=NCC(C)(O)c1ccco1)NCCCN(C)Cc1ccccc1. The molecule has 0 aliphatic carbocycles. The van der Waals surface area contributed by atoms with Gasteiger partial charge in [0.05, 0.1) is 12.8 Å². The maximum Gasteiger partial charge on any atom is 0.191 e. The van der Waals surface area contributed by atoms with Crippen molar-refractivity contribution in [1.29, 1.82) is 0 Å². The number of nitrogens with one attached hydrogen (secondary N) is 2. The smallest absolute Gasteiger partial charge is 0.191 e. The summed E-state index contributed by atoms with van der Waals surface area (Å²) in [6.07, 6.45) is 2.56. The van der Waals surface area contributed by atoms with Crippen LogP contribution in [0.1, 0.15) is 31.6 Å². The van der Waals surface area contributed by atoms with Crippen molar-refractivity contribution in [2.45, 2.75) is 32.4 Å². The zero-order chi connectivity index (χ0) is 19.5. The number of hydrogen-bond acceptors (Lipinski definition) is 4. The molecular formula is C21H32N4O2. The van der Waals surface area contributed by atoms with Gasteiger partial charge in [-0.25, -0.2) is 4.99 Å². The number of guanidine groups is 1. The minimum absolute atomic E-state index is 0.226. The molecule has 27 heavy (non-hydrogen) atoms. The average Bonchev–Trinajstić information content (AvgIpc) is 3.20. The van der Waals surface area contributed by atoms with Gasteiger partial charge in [-0.15, -0.1) is 0 Å². The van der Waals surface area contributed by atoms with E-state index >= 15 is 0 Å². The number of benzene rings is 1. The first-order valence-corrected chi connectivity index (χ1v) is 9.52. The molecule has 6 heteroatoms. The van der Waals surface area contributed by atoms with Gasteiger partial charge in [-0.05, 0) is 51.6 Å². The van der Waals surface area contributed by atoms with Crippen LogP contribution in [0.3, 0.4) is 0 Å². The lowest BCUT2D eigenvalue weighted by Gasteiger charge is -2.20. The maximum atomic E-state index is 10.5. The van der Waals surface area contributed by atoms with E-state index in [4.69, 9.17) is 4.42 Å². The number of furan rings is 1. The molecule has 6 nitrogen and oxygen atoms in total. The summed E-state index contributed by atoms with van der Waals surface area (Å²) in [5.41, 5.74) is 0.199. The molecule has 0 aliphatic heterocycles. The first-order chi connectivity index (χ1) is 13.0. The van der Waals surface area contributed by atoms with Crippen molar-refractivity contribution >= 4 is 5.96 Å². The summed E-state index contributed by atoms with van der Waals surface area (Å²) in [7, 11) is 2.13. The van der Waals surface area contributed by atoms with Gasteiger partial charge in [0.25, 0.3) is 0 Å². The van der Waals surface area contributed by atoms with Crippen LogP contribution < -0.4 is 10.6 Å². The average molecular weight is 373 g/mol. The molecule has 0 spiro atoms. The monoisotopic (exact) mass is 372 g/mol. The zero-order valence-corrected chi connectivity index (χ0v) is 16.6. The normalized spacial score (nSPS) is 14.2. The highest BCUT2D eigenvalue weighted by Crippen LogP contribution is 2.20. The Morgan fingerprint density at radius 2 is 1.96 bits per heavy atom. The van der Waals surface area contributed by atoms with Gasteiger partial charge in [0.1, 0.15) is 11.4 Å². The van der Waals surface area contributed by atoms with Crippen LogP contribution in [0.4, 0.5) is 0 Å².